The van der Waals surface area contributed by atoms with Crippen molar-refractivity contribution in [2.75, 3.05) is 0 Å². The summed E-state index contributed by atoms with van der Waals surface area (Å²) in [5.41, 5.74) is 5.29. The largest absolute Gasteiger partial charge is 0.391 e. The molecule has 2 unspecified atom stereocenters. The third kappa shape index (κ3) is 4.74. The second kappa shape index (κ2) is 9.18. The molecule has 0 saturated heterocycles. The number of fused-ring (bicyclic) bond motifs is 1. The average molecular weight is 401 g/mol. The first-order chi connectivity index (χ1) is 14.6. The van der Waals surface area contributed by atoms with Crippen molar-refractivity contribution in [2.45, 2.75) is 51.7 Å². The van der Waals surface area contributed by atoms with Gasteiger partial charge < -0.3 is 9.67 Å². The van der Waals surface area contributed by atoms with Gasteiger partial charge in [0.25, 0.3) is 0 Å². The maximum absolute atomic E-state index is 10.5. The summed E-state index contributed by atoms with van der Waals surface area (Å²) in [7, 11) is 0. The summed E-state index contributed by atoms with van der Waals surface area (Å²) in [6, 6.07) is 18.8. The van der Waals surface area contributed by atoms with Gasteiger partial charge in [0, 0.05) is 6.42 Å². The minimum atomic E-state index is -0.492. The normalized spacial score (nSPS) is 13.4. The topological polar surface area (TPSA) is 63.8 Å². The maximum atomic E-state index is 10.5. The van der Waals surface area contributed by atoms with Crippen LogP contribution in [0.15, 0.2) is 67.1 Å². The predicted molar refractivity (Wildman–Crippen MR) is 119 cm³/mol. The molecule has 0 fully saturated rings. The molecule has 0 aliphatic carbocycles. The fourth-order valence-corrected chi connectivity index (χ4v) is 3.85. The Morgan fingerprint density at radius 1 is 0.967 bits per heavy atom. The number of imidazole rings is 1. The Bertz CT molecular complexity index is 1090. The van der Waals surface area contributed by atoms with Crippen LogP contribution >= 0.6 is 0 Å². The number of aliphatic hydroxyl groups is 1. The second-order valence-corrected chi connectivity index (χ2v) is 8.00. The Balaban J connectivity index is 1.53. The molecule has 0 amide bonds. The first-order valence-corrected chi connectivity index (χ1v) is 10.6. The SMILES string of the molecule is Cc1ccc(Cc2ncc3ncn(C(CCCc4ccccc4)C(C)O)c3n2)cc1. The number of rotatable bonds is 8. The van der Waals surface area contributed by atoms with E-state index in [-0.39, 0.29) is 6.04 Å². The van der Waals surface area contributed by atoms with Crippen LogP contribution in [0, 0.1) is 6.92 Å². The number of hydrogen-bond donors (Lipinski definition) is 1. The average Bonchev–Trinajstić information content (AvgIpc) is 3.16. The molecule has 2 atom stereocenters. The molecule has 5 nitrogen and oxygen atoms in total. The number of nitrogens with zero attached hydrogens (tertiary/aromatic N) is 4. The summed E-state index contributed by atoms with van der Waals surface area (Å²) in [4.78, 5) is 13.8. The summed E-state index contributed by atoms with van der Waals surface area (Å²) < 4.78 is 2.02. The van der Waals surface area contributed by atoms with Crippen LogP contribution in [0.3, 0.4) is 0 Å². The van der Waals surface area contributed by atoms with Crippen LogP contribution in [0.4, 0.5) is 0 Å². The van der Waals surface area contributed by atoms with Crippen molar-refractivity contribution in [2.24, 2.45) is 0 Å². The monoisotopic (exact) mass is 400 g/mol. The second-order valence-electron chi connectivity index (χ2n) is 8.00. The summed E-state index contributed by atoms with van der Waals surface area (Å²) in [6.07, 6.45) is 6.59. The molecule has 5 heteroatoms. The van der Waals surface area contributed by atoms with Gasteiger partial charge in [0.1, 0.15) is 11.3 Å². The summed E-state index contributed by atoms with van der Waals surface area (Å²) in [5.74, 6) is 0.765. The maximum Gasteiger partial charge on any atom is 0.163 e. The van der Waals surface area contributed by atoms with Gasteiger partial charge in [-0.25, -0.2) is 15.0 Å². The minimum Gasteiger partial charge on any atom is -0.391 e. The van der Waals surface area contributed by atoms with Crippen LogP contribution in [-0.2, 0) is 12.8 Å². The van der Waals surface area contributed by atoms with Crippen molar-refractivity contribution >= 4 is 11.2 Å². The van der Waals surface area contributed by atoms with Gasteiger partial charge in [-0.3, -0.25) is 0 Å². The van der Waals surface area contributed by atoms with Crippen molar-refractivity contribution in [1.82, 2.24) is 19.5 Å². The van der Waals surface area contributed by atoms with Gasteiger partial charge in [-0.1, -0.05) is 60.2 Å². The van der Waals surface area contributed by atoms with Crippen molar-refractivity contribution in [3.63, 3.8) is 0 Å². The molecule has 30 heavy (non-hydrogen) atoms. The van der Waals surface area contributed by atoms with Gasteiger partial charge in [-0.05, 0) is 44.2 Å². The van der Waals surface area contributed by atoms with Gasteiger partial charge in [0.2, 0.25) is 0 Å². The van der Waals surface area contributed by atoms with Gasteiger partial charge in [-0.15, -0.1) is 0 Å². The van der Waals surface area contributed by atoms with E-state index in [0.717, 1.165) is 36.3 Å². The highest BCUT2D eigenvalue weighted by atomic mass is 16.3. The standard InChI is InChI=1S/C25H28N4O/c1-18-11-13-21(14-12-18)15-24-26-16-22-25(28-24)29(17-27-22)23(19(2)30)10-6-9-20-7-4-3-5-8-20/h3-5,7-8,11-14,16-17,19,23,30H,6,9-10,15H2,1-2H3. The Labute approximate surface area is 177 Å². The highest BCUT2D eigenvalue weighted by molar-refractivity contribution is 5.69. The van der Waals surface area contributed by atoms with Crippen molar-refractivity contribution in [3.8, 4) is 0 Å². The van der Waals surface area contributed by atoms with Crippen LogP contribution in [0.1, 0.15) is 48.3 Å². The molecular formula is C25H28N4O. The van der Waals surface area contributed by atoms with Crippen molar-refractivity contribution in [3.05, 3.63) is 89.6 Å². The lowest BCUT2D eigenvalue weighted by Crippen LogP contribution is -2.21. The zero-order chi connectivity index (χ0) is 20.9. The van der Waals surface area contributed by atoms with E-state index in [2.05, 4.69) is 65.4 Å². The fourth-order valence-electron chi connectivity index (χ4n) is 3.85. The first-order valence-electron chi connectivity index (χ1n) is 10.6. The third-order valence-corrected chi connectivity index (χ3v) is 5.57. The number of aromatic nitrogens is 4. The van der Waals surface area contributed by atoms with Crippen LogP contribution in [-0.4, -0.2) is 30.7 Å². The molecule has 0 aliphatic rings. The van der Waals surface area contributed by atoms with E-state index < -0.39 is 6.10 Å². The Morgan fingerprint density at radius 3 is 2.47 bits per heavy atom. The van der Waals surface area contributed by atoms with Gasteiger partial charge in [0.15, 0.2) is 5.65 Å². The number of aryl methyl sites for hydroxylation is 2. The molecule has 2 heterocycles. The van der Waals surface area contributed by atoms with E-state index >= 15 is 0 Å². The molecule has 4 rings (SSSR count). The molecule has 2 aromatic heterocycles. The lowest BCUT2D eigenvalue weighted by atomic mass is 10.0. The number of benzene rings is 2. The van der Waals surface area contributed by atoms with Gasteiger partial charge in [-0.2, -0.15) is 0 Å². The van der Waals surface area contributed by atoms with Crippen LogP contribution < -0.4 is 0 Å². The number of aliphatic hydroxyl groups excluding tert-OH is 1. The molecule has 0 radical (unpaired) electrons. The third-order valence-electron chi connectivity index (χ3n) is 5.57. The fraction of sp³-hybridized carbons (Fsp3) is 0.320. The number of hydrogen-bond acceptors (Lipinski definition) is 4. The van der Waals surface area contributed by atoms with E-state index in [0.29, 0.717) is 6.42 Å². The molecule has 0 bridgehead atoms. The molecule has 2 aromatic carbocycles. The van der Waals surface area contributed by atoms with E-state index in [1.54, 1.807) is 12.5 Å². The Kier molecular flexibility index (Phi) is 6.19. The summed E-state index contributed by atoms with van der Waals surface area (Å²) in [5, 5.41) is 10.5. The van der Waals surface area contributed by atoms with E-state index in [1.807, 2.05) is 17.6 Å². The highest BCUT2D eigenvalue weighted by Gasteiger charge is 2.20. The molecule has 4 aromatic rings. The highest BCUT2D eigenvalue weighted by Crippen LogP contribution is 2.24. The molecule has 0 spiro atoms. The van der Waals surface area contributed by atoms with Crippen molar-refractivity contribution in [1.29, 1.82) is 0 Å². The van der Waals surface area contributed by atoms with Gasteiger partial charge in [0.05, 0.1) is 24.7 Å². The summed E-state index contributed by atoms with van der Waals surface area (Å²) >= 11 is 0. The Hall–Kier alpha value is -3.05. The lowest BCUT2D eigenvalue weighted by molar-refractivity contribution is 0.125. The first kappa shape index (κ1) is 20.2. The van der Waals surface area contributed by atoms with E-state index in [1.165, 1.54) is 16.7 Å². The smallest absolute Gasteiger partial charge is 0.163 e. The molecular weight excluding hydrogens is 372 g/mol. The molecule has 154 valence electrons. The van der Waals surface area contributed by atoms with E-state index in [4.69, 9.17) is 4.98 Å². The van der Waals surface area contributed by atoms with E-state index in [9.17, 15) is 5.11 Å². The van der Waals surface area contributed by atoms with Crippen molar-refractivity contribution < 1.29 is 5.11 Å². The molecule has 1 N–H and O–H groups in total. The van der Waals surface area contributed by atoms with Gasteiger partial charge >= 0.3 is 0 Å². The summed E-state index contributed by atoms with van der Waals surface area (Å²) in [6.45, 7) is 3.92. The van der Waals surface area contributed by atoms with Crippen LogP contribution in [0.25, 0.3) is 11.2 Å². The lowest BCUT2D eigenvalue weighted by Gasteiger charge is -2.22. The zero-order valence-electron chi connectivity index (χ0n) is 17.6. The van der Waals surface area contributed by atoms with Crippen LogP contribution in [0.5, 0.6) is 0 Å². The molecule has 0 aliphatic heterocycles. The predicted octanol–water partition coefficient (Wildman–Crippen LogP) is 4.67. The Morgan fingerprint density at radius 2 is 1.73 bits per heavy atom. The minimum absolute atomic E-state index is 0.0687. The quantitative estimate of drug-likeness (QED) is 0.467. The van der Waals surface area contributed by atoms with Crippen LogP contribution in [0.2, 0.25) is 0 Å². The zero-order valence-corrected chi connectivity index (χ0v) is 17.6. The molecule has 0 saturated carbocycles.